The van der Waals surface area contributed by atoms with E-state index >= 15 is 0 Å². The monoisotopic (exact) mass is 439 g/mol. The standard InChI is InChI=1S/C20H33N5O4S/c1-5-29-20(26)25-12-10-24(11-13-25)19(21-4)22-14-17-8-6-7-9-18(17)15-30(27,28)23-16(2)3/h6-9,16,23H,5,10-15H2,1-4H3,(H,21,22). The summed E-state index contributed by atoms with van der Waals surface area (Å²) in [5.74, 6) is 0.649. The number of guanidine groups is 1. The van der Waals surface area contributed by atoms with Gasteiger partial charge in [-0.1, -0.05) is 24.3 Å². The first-order chi connectivity index (χ1) is 14.3. The Morgan fingerprint density at radius 3 is 2.30 bits per heavy atom. The molecule has 30 heavy (non-hydrogen) atoms. The van der Waals surface area contributed by atoms with Gasteiger partial charge in [0.2, 0.25) is 10.0 Å². The van der Waals surface area contributed by atoms with Crippen molar-refractivity contribution in [2.45, 2.75) is 39.1 Å². The number of sulfonamides is 1. The summed E-state index contributed by atoms with van der Waals surface area (Å²) < 4.78 is 32.3. The molecule has 1 heterocycles. The fourth-order valence-corrected chi connectivity index (χ4v) is 4.79. The van der Waals surface area contributed by atoms with Gasteiger partial charge in [-0.15, -0.1) is 0 Å². The number of nitrogens with one attached hydrogen (secondary N) is 2. The Balaban J connectivity index is 1.97. The van der Waals surface area contributed by atoms with E-state index in [0.29, 0.717) is 39.3 Å². The topological polar surface area (TPSA) is 103 Å². The second kappa shape index (κ2) is 11.2. The number of carbonyl (C=O) groups is 1. The minimum absolute atomic E-state index is 0.0696. The van der Waals surface area contributed by atoms with Crippen LogP contribution in [0.4, 0.5) is 4.79 Å². The second-order valence-electron chi connectivity index (χ2n) is 7.37. The summed E-state index contributed by atoms with van der Waals surface area (Å²) in [4.78, 5) is 20.0. The predicted octanol–water partition coefficient (Wildman–Crippen LogP) is 1.36. The molecule has 1 aliphatic rings. The molecule has 1 aromatic rings. The summed E-state index contributed by atoms with van der Waals surface area (Å²) in [5, 5.41) is 3.32. The smallest absolute Gasteiger partial charge is 0.409 e. The van der Waals surface area contributed by atoms with Crippen LogP contribution >= 0.6 is 0 Å². The molecule has 2 rings (SSSR count). The first-order valence-corrected chi connectivity index (χ1v) is 11.8. The number of hydrogen-bond acceptors (Lipinski definition) is 5. The van der Waals surface area contributed by atoms with Crippen molar-refractivity contribution in [3.63, 3.8) is 0 Å². The maximum atomic E-state index is 12.3. The first-order valence-electron chi connectivity index (χ1n) is 10.2. The molecule has 1 saturated heterocycles. The number of rotatable bonds is 7. The second-order valence-corrected chi connectivity index (χ2v) is 9.13. The van der Waals surface area contributed by atoms with E-state index in [1.807, 2.05) is 24.3 Å². The van der Waals surface area contributed by atoms with Crippen molar-refractivity contribution in [1.82, 2.24) is 19.8 Å². The highest BCUT2D eigenvalue weighted by Gasteiger charge is 2.24. The zero-order chi connectivity index (χ0) is 22.1. The number of ether oxygens (including phenoxy) is 1. The molecular formula is C20H33N5O4S. The van der Waals surface area contributed by atoms with Gasteiger partial charge in [0.15, 0.2) is 5.96 Å². The molecule has 0 atom stereocenters. The van der Waals surface area contributed by atoms with Crippen molar-refractivity contribution in [2.24, 2.45) is 4.99 Å². The minimum Gasteiger partial charge on any atom is -0.450 e. The molecule has 0 aliphatic carbocycles. The molecular weight excluding hydrogens is 406 g/mol. The zero-order valence-electron chi connectivity index (χ0n) is 18.2. The molecule has 2 N–H and O–H groups in total. The molecule has 0 unspecified atom stereocenters. The first kappa shape index (κ1) is 23.9. The van der Waals surface area contributed by atoms with Gasteiger partial charge in [0.25, 0.3) is 0 Å². The average molecular weight is 440 g/mol. The highest BCUT2D eigenvalue weighted by Crippen LogP contribution is 2.13. The van der Waals surface area contributed by atoms with Crippen LogP contribution in [0.25, 0.3) is 0 Å². The van der Waals surface area contributed by atoms with Crippen molar-refractivity contribution in [1.29, 1.82) is 0 Å². The van der Waals surface area contributed by atoms with Crippen LogP contribution in [0.2, 0.25) is 0 Å². The van der Waals surface area contributed by atoms with Crippen molar-refractivity contribution >= 4 is 22.1 Å². The number of amides is 1. The fraction of sp³-hybridized carbons (Fsp3) is 0.600. The summed E-state index contributed by atoms with van der Waals surface area (Å²) in [7, 11) is -1.70. The molecule has 0 bridgehead atoms. The van der Waals surface area contributed by atoms with E-state index in [4.69, 9.17) is 4.74 Å². The molecule has 1 fully saturated rings. The Hall–Kier alpha value is -2.33. The molecule has 0 saturated carbocycles. The fourth-order valence-electron chi connectivity index (χ4n) is 3.30. The Morgan fingerprint density at radius 2 is 1.73 bits per heavy atom. The molecule has 0 spiro atoms. The Labute approximate surface area is 179 Å². The maximum Gasteiger partial charge on any atom is 0.409 e. The quantitative estimate of drug-likeness (QED) is 0.491. The molecule has 1 aromatic carbocycles. The van der Waals surface area contributed by atoms with Crippen LogP contribution in [0.5, 0.6) is 0 Å². The molecule has 1 aliphatic heterocycles. The van der Waals surface area contributed by atoms with Crippen molar-refractivity contribution in [3.8, 4) is 0 Å². The summed E-state index contributed by atoms with van der Waals surface area (Å²) in [6, 6.07) is 7.33. The van der Waals surface area contributed by atoms with E-state index in [2.05, 4.69) is 19.9 Å². The number of piperazine rings is 1. The summed E-state index contributed by atoms with van der Waals surface area (Å²) in [5.41, 5.74) is 1.65. The van der Waals surface area contributed by atoms with Crippen molar-refractivity contribution in [2.75, 3.05) is 39.8 Å². The highest BCUT2D eigenvalue weighted by molar-refractivity contribution is 7.88. The van der Waals surface area contributed by atoms with E-state index in [1.54, 1.807) is 32.7 Å². The molecule has 0 aromatic heterocycles. The lowest BCUT2D eigenvalue weighted by Gasteiger charge is -2.35. The summed E-state index contributed by atoms with van der Waals surface area (Å²) in [6.07, 6.45) is -0.287. The van der Waals surface area contributed by atoms with Crippen molar-refractivity contribution in [3.05, 3.63) is 35.4 Å². The highest BCUT2D eigenvalue weighted by atomic mass is 32.2. The van der Waals surface area contributed by atoms with Gasteiger partial charge in [0.1, 0.15) is 0 Å². The van der Waals surface area contributed by atoms with Crippen LogP contribution in [0.1, 0.15) is 31.9 Å². The normalized spacial score (nSPS) is 15.4. The van der Waals surface area contributed by atoms with Gasteiger partial charge in [0.05, 0.1) is 12.4 Å². The van der Waals surface area contributed by atoms with Crippen LogP contribution in [-0.4, -0.2) is 76.1 Å². The van der Waals surface area contributed by atoms with Gasteiger partial charge in [-0.05, 0) is 31.9 Å². The molecule has 1 amide bonds. The van der Waals surface area contributed by atoms with Crippen LogP contribution < -0.4 is 10.0 Å². The third-order valence-corrected chi connectivity index (χ3v) is 6.15. The Bertz CT molecular complexity index is 833. The third-order valence-electron chi connectivity index (χ3n) is 4.63. The van der Waals surface area contributed by atoms with E-state index in [9.17, 15) is 13.2 Å². The zero-order valence-corrected chi connectivity index (χ0v) is 19.0. The van der Waals surface area contributed by atoms with Crippen LogP contribution in [0.3, 0.4) is 0 Å². The van der Waals surface area contributed by atoms with Gasteiger partial charge in [-0.3, -0.25) is 4.99 Å². The van der Waals surface area contributed by atoms with Gasteiger partial charge >= 0.3 is 6.09 Å². The minimum atomic E-state index is -3.41. The number of aliphatic imine (C=N–C) groups is 1. The SMILES string of the molecule is CCOC(=O)N1CCN(C(=NC)NCc2ccccc2CS(=O)(=O)NC(C)C)CC1. The maximum absolute atomic E-state index is 12.3. The lowest BCUT2D eigenvalue weighted by Crippen LogP contribution is -2.53. The summed E-state index contributed by atoms with van der Waals surface area (Å²) >= 11 is 0. The number of hydrogen-bond donors (Lipinski definition) is 2. The number of benzene rings is 1. The van der Waals surface area contributed by atoms with Gasteiger partial charge in [-0.2, -0.15) is 0 Å². The predicted molar refractivity (Wildman–Crippen MR) is 118 cm³/mol. The molecule has 10 heteroatoms. The van der Waals surface area contributed by atoms with Gasteiger partial charge in [-0.25, -0.2) is 17.9 Å². The average Bonchev–Trinajstić information content (AvgIpc) is 2.69. The summed E-state index contributed by atoms with van der Waals surface area (Å²) in [6.45, 7) is 8.64. The Kier molecular flexibility index (Phi) is 8.91. The molecule has 168 valence electrons. The van der Waals surface area contributed by atoms with Gasteiger partial charge < -0.3 is 19.9 Å². The van der Waals surface area contributed by atoms with E-state index in [0.717, 1.165) is 17.1 Å². The lowest BCUT2D eigenvalue weighted by atomic mass is 10.1. The molecule has 9 nitrogen and oxygen atoms in total. The lowest BCUT2D eigenvalue weighted by molar-refractivity contribution is 0.0914. The van der Waals surface area contributed by atoms with E-state index in [1.165, 1.54) is 0 Å². The largest absolute Gasteiger partial charge is 0.450 e. The molecule has 0 radical (unpaired) electrons. The van der Waals surface area contributed by atoms with Crippen LogP contribution in [0, 0.1) is 0 Å². The van der Waals surface area contributed by atoms with E-state index in [-0.39, 0.29) is 17.9 Å². The van der Waals surface area contributed by atoms with Crippen LogP contribution in [-0.2, 0) is 27.1 Å². The number of carbonyl (C=O) groups excluding carboxylic acids is 1. The van der Waals surface area contributed by atoms with Crippen LogP contribution in [0.15, 0.2) is 29.3 Å². The number of nitrogens with zero attached hydrogens (tertiary/aromatic N) is 3. The van der Waals surface area contributed by atoms with Crippen molar-refractivity contribution < 1.29 is 17.9 Å². The third kappa shape index (κ3) is 7.17. The van der Waals surface area contributed by atoms with E-state index < -0.39 is 10.0 Å². The Morgan fingerprint density at radius 1 is 1.13 bits per heavy atom. The van der Waals surface area contributed by atoms with Gasteiger partial charge in [0, 0.05) is 45.8 Å².